The molecule has 1 saturated carbocycles. The van der Waals surface area contributed by atoms with E-state index >= 15 is 0 Å². The van der Waals surface area contributed by atoms with Crippen molar-refractivity contribution in [1.82, 2.24) is 14.7 Å². The smallest absolute Gasteiger partial charge is 0.285 e. The summed E-state index contributed by atoms with van der Waals surface area (Å²) >= 11 is 0. The van der Waals surface area contributed by atoms with Gasteiger partial charge in [-0.05, 0) is 38.7 Å². The van der Waals surface area contributed by atoms with E-state index in [1.807, 2.05) is 6.07 Å². The summed E-state index contributed by atoms with van der Waals surface area (Å²) < 4.78 is 24.9. The van der Waals surface area contributed by atoms with Gasteiger partial charge in [-0.1, -0.05) is 12.8 Å². The Morgan fingerprint density at radius 2 is 1.93 bits per heavy atom. The molecule has 0 N–H and O–H groups in total. The molecule has 2 heterocycles. The van der Waals surface area contributed by atoms with Gasteiger partial charge in [0.15, 0.2) is 9.84 Å². The molecule has 1 aliphatic carbocycles. The van der Waals surface area contributed by atoms with Crippen molar-refractivity contribution in [3.63, 3.8) is 0 Å². The number of aryl methyl sites for hydroxylation is 1. The minimum absolute atomic E-state index is 0.00786. The van der Waals surface area contributed by atoms with Crippen molar-refractivity contribution in [3.05, 3.63) is 27.2 Å². The van der Waals surface area contributed by atoms with E-state index in [1.54, 1.807) is 18.7 Å². The number of amides is 1. The Balaban J connectivity index is 1.91. The summed E-state index contributed by atoms with van der Waals surface area (Å²) in [7, 11) is -3.13. The Hall–Kier alpha value is -2.21. The van der Waals surface area contributed by atoms with E-state index in [4.69, 9.17) is 0 Å². The van der Waals surface area contributed by atoms with Crippen molar-refractivity contribution in [2.24, 2.45) is 0 Å². The number of carbonyl (C=O) groups excluding carboxylic acids is 1. The molecule has 8 nitrogen and oxygen atoms in total. The third kappa shape index (κ3) is 3.90. The molecule has 0 aromatic carbocycles. The number of nitriles is 1. The quantitative estimate of drug-likeness (QED) is 0.745. The minimum Gasteiger partial charge on any atom is -0.334 e. The van der Waals surface area contributed by atoms with Gasteiger partial charge in [-0.3, -0.25) is 9.59 Å². The average Bonchev–Trinajstić information content (AvgIpc) is 3.23. The molecule has 0 bridgehead atoms. The van der Waals surface area contributed by atoms with Gasteiger partial charge >= 0.3 is 0 Å². The SMILES string of the molecule is Cc1nn(CC(=O)N(C2CCCC2)C2CCS(=O)(=O)C2)c(=O)c(C#N)c1C. The van der Waals surface area contributed by atoms with Crippen molar-refractivity contribution in [3.8, 4) is 6.07 Å². The average molecular weight is 392 g/mol. The van der Waals surface area contributed by atoms with E-state index in [2.05, 4.69) is 5.10 Å². The highest BCUT2D eigenvalue weighted by Crippen LogP contribution is 2.29. The molecule has 1 unspecified atom stereocenters. The number of aromatic nitrogens is 2. The van der Waals surface area contributed by atoms with Crippen LogP contribution in [0.2, 0.25) is 0 Å². The highest BCUT2D eigenvalue weighted by atomic mass is 32.2. The molecule has 1 aromatic rings. The summed E-state index contributed by atoms with van der Waals surface area (Å²) in [6, 6.07) is 1.55. The molecule has 1 aromatic heterocycles. The number of hydrogen-bond donors (Lipinski definition) is 0. The van der Waals surface area contributed by atoms with E-state index in [9.17, 15) is 23.3 Å². The predicted molar refractivity (Wildman–Crippen MR) is 98.8 cm³/mol. The van der Waals surface area contributed by atoms with Crippen LogP contribution in [0.1, 0.15) is 48.9 Å². The maximum Gasteiger partial charge on any atom is 0.285 e. The van der Waals surface area contributed by atoms with E-state index in [-0.39, 0.29) is 41.6 Å². The second-order valence-corrected chi connectivity index (χ2v) is 9.68. The lowest BCUT2D eigenvalue weighted by molar-refractivity contribution is -0.136. The summed E-state index contributed by atoms with van der Waals surface area (Å²) in [5, 5.41) is 13.4. The van der Waals surface area contributed by atoms with Crippen molar-refractivity contribution < 1.29 is 13.2 Å². The Morgan fingerprint density at radius 3 is 2.48 bits per heavy atom. The van der Waals surface area contributed by atoms with Crippen LogP contribution in [-0.2, 0) is 21.2 Å². The monoisotopic (exact) mass is 392 g/mol. The van der Waals surface area contributed by atoms with Crippen LogP contribution in [0.15, 0.2) is 4.79 Å². The Labute approximate surface area is 158 Å². The molecular formula is C18H24N4O4S. The molecule has 1 aliphatic heterocycles. The van der Waals surface area contributed by atoms with Gasteiger partial charge in [0.2, 0.25) is 5.91 Å². The Kier molecular flexibility index (Phi) is 5.38. The zero-order valence-corrected chi connectivity index (χ0v) is 16.5. The van der Waals surface area contributed by atoms with Crippen LogP contribution in [-0.4, -0.2) is 52.6 Å². The fourth-order valence-electron chi connectivity index (χ4n) is 4.10. The van der Waals surface area contributed by atoms with Gasteiger partial charge in [0.25, 0.3) is 5.56 Å². The lowest BCUT2D eigenvalue weighted by Gasteiger charge is -2.34. The summed E-state index contributed by atoms with van der Waals surface area (Å²) in [5.74, 6) is -0.228. The third-order valence-corrected chi connectivity index (χ3v) is 7.39. The summed E-state index contributed by atoms with van der Waals surface area (Å²) in [4.78, 5) is 27.3. The van der Waals surface area contributed by atoms with Crippen LogP contribution in [0.5, 0.6) is 0 Å². The largest absolute Gasteiger partial charge is 0.334 e. The molecule has 9 heteroatoms. The fourth-order valence-corrected chi connectivity index (χ4v) is 5.81. The number of carbonyl (C=O) groups is 1. The first-order valence-electron chi connectivity index (χ1n) is 9.23. The standard InChI is InChI=1S/C18H24N4O4S/c1-12-13(2)20-21(18(24)16(12)9-19)10-17(23)22(14-5-3-4-6-14)15-7-8-27(25,26)11-15/h14-15H,3-8,10-11H2,1-2H3. The van der Waals surface area contributed by atoms with E-state index in [0.29, 0.717) is 17.7 Å². The highest BCUT2D eigenvalue weighted by Gasteiger charge is 2.39. The Morgan fingerprint density at radius 1 is 1.26 bits per heavy atom. The molecular weight excluding hydrogens is 368 g/mol. The molecule has 1 atom stereocenters. The van der Waals surface area contributed by atoms with Gasteiger partial charge in [0, 0.05) is 12.1 Å². The number of rotatable bonds is 4. The minimum atomic E-state index is -3.13. The highest BCUT2D eigenvalue weighted by molar-refractivity contribution is 7.91. The topological polar surface area (TPSA) is 113 Å². The van der Waals surface area contributed by atoms with Crippen molar-refractivity contribution in [2.45, 2.75) is 64.6 Å². The number of sulfone groups is 1. The van der Waals surface area contributed by atoms with Crippen LogP contribution in [0.3, 0.4) is 0 Å². The number of hydrogen-bond acceptors (Lipinski definition) is 6. The lowest BCUT2D eigenvalue weighted by atomic mass is 10.1. The van der Waals surface area contributed by atoms with Crippen LogP contribution < -0.4 is 5.56 Å². The van der Waals surface area contributed by atoms with Crippen molar-refractivity contribution in [2.75, 3.05) is 11.5 Å². The van der Waals surface area contributed by atoms with E-state index < -0.39 is 15.4 Å². The van der Waals surface area contributed by atoms with Gasteiger partial charge in [-0.2, -0.15) is 10.4 Å². The first-order valence-corrected chi connectivity index (χ1v) is 11.1. The second kappa shape index (κ2) is 7.43. The molecule has 2 aliphatic rings. The summed E-state index contributed by atoms with van der Waals surface area (Å²) in [5.41, 5.74) is 0.445. The summed E-state index contributed by atoms with van der Waals surface area (Å²) in [6.07, 6.45) is 4.15. The maximum absolute atomic E-state index is 13.1. The van der Waals surface area contributed by atoms with Gasteiger partial charge in [-0.25, -0.2) is 13.1 Å². The molecule has 2 fully saturated rings. The third-order valence-electron chi connectivity index (χ3n) is 5.64. The van der Waals surface area contributed by atoms with E-state index in [1.165, 1.54) is 0 Å². The van der Waals surface area contributed by atoms with Gasteiger partial charge in [-0.15, -0.1) is 0 Å². The maximum atomic E-state index is 13.1. The lowest BCUT2D eigenvalue weighted by Crippen LogP contribution is -2.49. The zero-order chi connectivity index (χ0) is 19.8. The first-order chi connectivity index (χ1) is 12.7. The zero-order valence-electron chi connectivity index (χ0n) is 15.6. The second-order valence-electron chi connectivity index (χ2n) is 7.46. The summed E-state index contributed by atoms with van der Waals surface area (Å²) in [6.45, 7) is 3.07. The fraction of sp³-hybridized carbons (Fsp3) is 0.667. The predicted octanol–water partition coefficient (Wildman–Crippen LogP) is 0.690. The van der Waals surface area contributed by atoms with Crippen molar-refractivity contribution in [1.29, 1.82) is 5.26 Å². The Bertz CT molecular complexity index is 955. The molecule has 1 amide bonds. The van der Waals surface area contributed by atoms with Crippen LogP contribution in [0, 0.1) is 25.2 Å². The first kappa shape index (κ1) is 19.5. The van der Waals surface area contributed by atoms with Gasteiger partial charge in [0.1, 0.15) is 18.2 Å². The normalized spacial score (nSPS) is 21.9. The molecule has 0 spiro atoms. The molecule has 27 heavy (non-hydrogen) atoms. The van der Waals surface area contributed by atoms with Gasteiger partial charge in [0.05, 0.1) is 17.2 Å². The van der Waals surface area contributed by atoms with Crippen LogP contribution in [0.4, 0.5) is 0 Å². The molecule has 3 rings (SSSR count). The molecule has 1 saturated heterocycles. The molecule has 0 radical (unpaired) electrons. The number of nitrogens with zero attached hydrogens (tertiary/aromatic N) is 4. The van der Waals surface area contributed by atoms with E-state index in [0.717, 1.165) is 30.4 Å². The van der Waals surface area contributed by atoms with Crippen molar-refractivity contribution >= 4 is 15.7 Å². The molecule has 146 valence electrons. The van der Waals surface area contributed by atoms with Crippen LogP contribution in [0.25, 0.3) is 0 Å². The van der Waals surface area contributed by atoms with Gasteiger partial charge < -0.3 is 4.90 Å². The van der Waals surface area contributed by atoms with Crippen LogP contribution >= 0.6 is 0 Å².